The van der Waals surface area contributed by atoms with Crippen molar-refractivity contribution in [2.45, 2.75) is 19.9 Å². The number of aryl methyl sites for hydroxylation is 1. The zero-order chi connectivity index (χ0) is 18.4. The Labute approximate surface area is 152 Å². The molecule has 5 nitrogen and oxygen atoms in total. The van der Waals surface area contributed by atoms with Gasteiger partial charge in [-0.25, -0.2) is 0 Å². The molecule has 0 aliphatic carbocycles. The standard InChI is InChI=1S/C21H20N2O3/c1-15-6-2-3-7-16(15)13-20(24)23-18-9-4-8-17(12-18)21(25)22-14-19-10-5-11-26-19/h2-12H,13-14H2,1H3,(H,22,25)(H,23,24). The molecule has 1 heterocycles. The van der Waals surface area contributed by atoms with Crippen LogP contribution in [0, 0.1) is 6.92 Å². The molecule has 0 radical (unpaired) electrons. The Hall–Kier alpha value is -3.34. The molecule has 26 heavy (non-hydrogen) atoms. The van der Waals surface area contributed by atoms with Gasteiger partial charge >= 0.3 is 0 Å². The molecule has 0 saturated heterocycles. The maximum Gasteiger partial charge on any atom is 0.251 e. The average Bonchev–Trinajstić information content (AvgIpc) is 3.15. The summed E-state index contributed by atoms with van der Waals surface area (Å²) in [5.74, 6) is 0.338. The Balaban J connectivity index is 1.60. The van der Waals surface area contributed by atoms with Crippen LogP contribution < -0.4 is 10.6 Å². The van der Waals surface area contributed by atoms with Crippen LogP contribution in [0.5, 0.6) is 0 Å². The normalized spacial score (nSPS) is 10.3. The zero-order valence-electron chi connectivity index (χ0n) is 14.5. The molecule has 3 rings (SSSR count). The highest BCUT2D eigenvalue weighted by molar-refractivity contribution is 5.97. The molecular formula is C21H20N2O3. The number of rotatable bonds is 6. The van der Waals surface area contributed by atoms with Gasteiger partial charge in [-0.1, -0.05) is 30.3 Å². The van der Waals surface area contributed by atoms with Gasteiger partial charge in [0, 0.05) is 11.3 Å². The van der Waals surface area contributed by atoms with Crippen LogP contribution in [0.25, 0.3) is 0 Å². The molecule has 0 aliphatic heterocycles. The maximum absolute atomic E-state index is 12.3. The lowest BCUT2D eigenvalue weighted by Gasteiger charge is -2.09. The van der Waals surface area contributed by atoms with E-state index >= 15 is 0 Å². The van der Waals surface area contributed by atoms with Gasteiger partial charge in [0.1, 0.15) is 5.76 Å². The highest BCUT2D eigenvalue weighted by Crippen LogP contribution is 2.13. The molecule has 0 spiro atoms. The van der Waals surface area contributed by atoms with Gasteiger partial charge < -0.3 is 15.1 Å². The summed E-state index contributed by atoms with van der Waals surface area (Å²) in [5.41, 5.74) is 3.13. The first-order valence-electron chi connectivity index (χ1n) is 8.37. The van der Waals surface area contributed by atoms with E-state index in [0.717, 1.165) is 11.1 Å². The first-order chi connectivity index (χ1) is 12.6. The Morgan fingerprint density at radius 3 is 2.62 bits per heavy atom. The van der Waals surface area contributed by atoms with E-state index < -0.39 is 0 Å². The minimum atomic E-state index is -0.226. The van der Waals surface area contributed by atoms with Crippen molar-refractivity contribution in [2.75, 3.05) is 5.32 Å². The summed E-state index contributed by atoms with van der Waals surface area (Å²) in [5, 5.41) is 5.63. The molecule has 5 heteroatoms. The molecule has 2 amide bonds. The number of amides is 2. The molecule has 2 aromatic carbocycles. The molecule has 0 atom stereocenters. The number of carbonyl (C=O) groups is 2. The lowest BCUT2D eigenvalue weighted by atomic mass is 10.1. The fourth-order valence-electron chi connectivity index (χ4n) is 2.61. The van der Waals surface area contributed by atoms with Crippen LogP contribution in [-0.2, 0) is 17.8 Å². The van der Waals surface area contributed by atoms with Crippen molar-refractivity contribution in [1.82, 2.24) is 5.32 Å². The topological polar surface area (TPSA) is 71.3 Å². The van der Waals surface area contributed by atoms with Crippen LogP contribution in [0.2, 0.25) is 0 Å². The van der Waals surface area contributed by atoms with E-state index in [1.165, 1.54) is 0 Å². The van der Waals surface area contributed by atoms with Crippen LogP contribution in [0.1, 0.15) is 27.2 Å². The summed E-state index contributed by atoms with van der Waals surface area (Å²) in [6.07, 6.45) is 1.85. The van der Waals surface area contributed by atoms with Crippen LogP contribution in [0.3, 0.4) is 0 Å². The minimum absolute atomic E-state index is 0.118. The second-order valence-corrected chi connectivity index (χ2v) is 5.99. The number of nitrogens with one attached hydrogen (secondary N) is 2. The second kappa shape index (κ2) is 8.16. The predicted molar refractivity (Wildman–Crippen MR) is 99.8 cm³/mol. The minimum Gasteiger partial charge on any atom is -0.467 e. The van der Waals surface area contributed by atoms with Crippen molar-refractivity contribution < 1.29 is 14.0 Å². The third-order valence-corrected chi connectivity index (χ3v) is 4.02. The number of benzene rings is 2. The third kappa shape index (κ3) is 4.60. The van der Waals surface area contributed by atoms with E-state index in [0.29, 0.717) is 30.0 Å². The van der Waals surface area contributed by atoms with Gasteiger partial charge in [-0.2, -0.15) is 0 Å². The summed E-state index contributed by atoms with van der Waals surface area (Å²) >= 11 is 0. The number of hydrogen-bond donors (Lipinski definition) is 2. The molecule has 132 valence electrons. The van der Waals surface area contributed by atoms with Gasteiger partial charge in [0.25, 0.3) is 5.91 Å². The molecule has 0 saturated carbocycles. The average molecular weight is 348 g/mol. The summed E-state index contributed by atoms with van der Waals surface area (Å²) < 4.78 is 5.19. The van der Waals surface area contributed by atoms with E-state index in [9.17, 15) is 9.59 Å². The van der Waals surface area contributed by atoms with E-state index in [1.807, 2.05) is 31.2 Å². The SMILES string of the molecule is Cc1ccccc1CC(=O)Nc1cccc(C(=O)NCc2ccco2)c1. The number of hydrogen-bond acceptors (Lipinski definition) is 3. The Morgan fingerprint density at radius 2 is 1.85 bits per heavy atom. The summed E-state index contributed by atoms with van der Waals surface area (Å²) in [6.45, 7) is 2.29. The van der Waals surface area contributed by atoms with Gasteiger partial charge in [-0.15, -0.1) is 0 Å². The Morgan fingerprint density at radius 1 is 1.00 bits per heavy atom. The van der Waals surface area contributed by atoms with Crippen molar-refractivity contribution in [3.63, 3.8) is 0 Å². The first-order valence-corrected chi connectivity index (χ1v) is 8.37. The highest BCUT2D eigenvalue weighted by Gasteiger charge is 2.10. The fraction of sp³-hybridized carbons (Fsp3) is 0.143. The van der Waals surface area contributed by atoms with Crippen molar-refractivity contribution in [3.8, 4) is 0 Å². The van der Waals surface area contributed by atoms with Crippen LogP contribution in [0.4, 0.5) is 5.69 Å². The lowest BCUT2D eigenvalue weighted by Crippen LogP contribution is -2.23. The zero-order valence-corrected chi connectivity index (χ0v) is 14.5. The van der Waals surface area contributed by atoms with E-state index in [-0.39, 0.29) is 11.8 Å². The molecular weight excluding hydrogens is 328 g/mol. The first kappa shape index (κ1) is 17.5. The Bertz CT molecular complexity index is 901. The fourth-order valence-corrected chi connectivity index (χ4v) is 2.61. The summed E-state index contributed by atoms with van der Waals surface area (Å²) in [7, 11) is 0. The number of furan rings is 1. The van der Waals surface area contributed by atoms with Gasteiger partial charge in [-0.3, -0.25) is 9.59 Å². The molecule has 0 fully saturated rings. The monoisotopic (exact) mass is 348 g/mol. The second-order valence-electron chi connectivity index (χ2n) is 5.99. The lowest BCUT2D eigenvalue weighted by molar-refractivity contribution is -0.115. The van der Waals surface area contributed by atoms with Crippen LogP contribution in [0.15, 0.2) is 71.3 Å². The molecule has 0 unspecified atom stereocenters. The van der Waals surface area contributed by atoms with Crippen LogP contribution >= 0.6 is 0 Å². The number of anilines is 1. The van der Waals surface area contributed by atoms with Gasteiger partial charge in [0.05, 0.1) is 19.2 Å². The van der Waals surface area contributed by atoms with Crippen molar-refractivity contribution >= 4 is 17.5 Å². The summed E-state index contributed by atoms with van der Waals surface area (Å²) in [6, 6.07) is 18.2. The number of carbonyl (C=O) groups excluding carboxylic acids is 2. The molecule has 0 aliphatic rings. The largest absolute Gasteiger partial charge is 0.467 e. The quantitative estimate of drug-likeness (QED) is 0.713. The van der Waals surface area contributed by atoms with E-state index in [1.54, 1.807) is 42.7 Å². The Kier molecular flexibility index (Phi) is 5.49. The molecule has 1 aromatic heterocycles. The summed E-state index contributed by atoms with van der Waals surface area (Å²) in [4.78, 5) is 24.5. The smallest absolute Gasteiger partial charge is 0.251 e. The third-order valence-electron chi connectivity index (χ3n) is 4.02. The van der Waals surface area contributed by atoms with Gasteiger partial charge in [-0.05, 0) is 48.4 Å². The van der Waals surface area contributed by atoms with Crippen molar-refractivity contribution in [2.24, 2.45) is 0 Å². The molecule has 3 aromatic rings. The highest BCUT2D eigenvalue weighted by atomic mass is 16.3. The van der Waals surface area contributed by atoms with E-state index in [2.05, 4.69) is 10.6 Å². The van der Waals surface area contributed by atoms with Gasteiger partial charge in [0.2, 0.25) is 5.91 Å². The van der Waals surface area contributed by atoms with Crippen molar-refractivity contribution in [1.29, 1.82) is 0 Å². The maximum atomic E-state index is 12.3. The molecule has 2 N–H and O–H groups in total. The van der Waals surface area contributed by atoms with Crippen LogP contribution in [-0.4, -0.2) is 11.8 Å². The van der Waals surface area contributed by atoms with Gasteiger partial charge in [0.15, 0.2) is 0 Å². The van der Waals surface area contributed by atoms with E-state index in [4.69, 9.17) is 4.42 Å². The molecule has 0 bridgehead atoms. The van der Waals surface area contributed by atoms with Crippen molar-refractivity contribution in [3.05, 3.63) is 89.4 Å². The predicted octanol–water partition coefficient (Wildman–Crippen LogP) is 3.70.